The van der Waals surface area contributed by atoms with Crippen LogP contribution in [0.25, 0.3) is 0 Å². The zero-order chi connectivity index (χ0) is 18.8. The second-order valence-electron chi connectivity index (χ2n) is 7.51. The quantitative estimate of drug-likeness (QED) is 0.899. The van der Waals surface area contributed by atoms with E-state index in [1.807, 2.05) is 17.0 Å². The number of fused-ring (bicyclic) bond motifs is 4. The van der Waals surface area contributed by atoms with Crippen LogP contribution in [0.3, 0.4) is 0 Å². The van der Waals surface area contributed by atoms with Gasteiger partial charge in [-0.3, -0.25) is 14.5 Å². The Labute approximate surface area is 158 Å². The normalized spacial score (nSPS) is 22.5. The number of carbonyl (C=O) groups is 1. The minimum absolute atomic E-state index is 0.141. The van der Waals surface area contributed by atoms with Crippen LogP contribution in [-0.2, 0) is 6.54 Å². The van der Waals surface area contributed by atoms with E-state index in [9.17, 15) is 9.59 Å². The minimum Gasteiger partial charge on any atom is -0.497 e. The summed E-state index contributed by atoms with van der Waals surface area (Å²) in [5, 5.41) is 0. The Morgan fingerprint density at radius 2 is 1.96 bits per heavy atom. The van der Waals surface area contributed by atoms with E-state index in [-0.39, 0.29) is 23.1 Å². The van der Waals surface area contributed by atoms with Gasteiger partial charge in [-0.15, -0.1) is 0 Å². The van der Waals surface area contributed by atoms with Crippen molar-refractivity contribution in [2.75, 3.05) is 26.7 Å². The van der Waals surface area contributed by atoms with Crippen molar-refractivity contribution in [1.82, 2.24) is 14.8 Å². The molecule has 1 aromatic heterocycles. The topological polar surface area (TPSA) is 65.6 Å². The Balaban J connectivity index is 1.49. The molecule has 3 fully saturated rings. The van der Waals surface area contributed by atoms with E-state index in [1.165, 1.54) is 5.56 Å². The number of benzene rings is 1. The monoisotopic (exact) mass is 367 g/mol. The molecule has 2 aromatic rings. The van der Waals surface area contributed by atoms with Crippen molar-refractivity contribution >= 4 is 5.91 Å². The number of hydrogen-bond acceptors (Lipinski definition) is 4. The van der Waals surface area contributed by atoms with Gasteiger partial charge < -0.3 is 14.6 Å². The van der Waals surface area contributed by atoms with Crippen molar-refractivity contribution < 1.29 is 9.53 Å². The molecule has 1 aromatic carbocycles. The van der Waals surface area contributed by atoms with Gasteiger partial charge in [-0.05, 0) is 48.6 Å². The van der Waals surface area contributed by atoms with E-state index in [2.05, 4.69) is 22.0 Å². The molecule has 0 saturated carbocycles. The summed E-state index contributed by atoms with van der Waals surface area (Å²) in [5.41, 5.74) is 1.18. The van der Waals surface area contributed by atoms with Crippen LogP contribution in [0, 0.1) is 5.92 Å². The third kappa shape index (κ3) is 3.76. The van der Waals surface area contributed by atoms with Crippen LogP contribution in [0.2, 0.25) is 0 Å². The molecule has 27 heavy (non-hydrogen) atoms. The SMILES string of the molecule is COc1ccc(CN2C[C@H]3CC[C@@H](C2)N(C(=O)c2ccc[nH]c2=O)C3)cc1. The molecule has 5 rings (SSSR count). The summed E-state index contributed by atoms with van der Waals surface area (Å²) in [7, 11) is 1.67. The Bertz CT molecular complexity index is 861. The largest absolute Gasteiger partial charge is 0.497 e. The first kappa shape index (κ1) is 17.8. The van der Waals surface area contributed by atoms with E-state index >= 15 is 0 Å². The predicted molar refractivity (Wildman–Crippen MR) is 103 cm³/mol. The summed E-state index contributed by atoms with van der Waals surface area (Å²) in [6, 6.07) is 11.7. The van der Waals surface area contributed by atoms with Crippen LogP contribution in [0.1, 0.15) is 28.8 Å². The summed E-state index contributed by atoms with van der Waals surface area (Å²) >= 11 is 0. The van der Waals surface area contributed by atoms with Crippen molar-refractivity contribution in [3.05, 3.63) is 64.1 Å². The molecule has 3 aliphatic heterocycles. The van der Waals surface area contributed by atoms with Crippen LogP contribution in [0.4, 0.5) is 0 Å². The third-order valence-electron chi connectivity index (χ3n) is 5.66. The summed E-state index contributed by atoms with van der Waals surface area (Å²) in [6.07, 6.45) is 3.70. The standard InChI is InChI=1S/C21H25N3O3/c1-27-18-8-5-15(6-9-18)11-23-12-16-4-7-17(14-23)24(13-16)21(26)19-3-2-10-22-20(19)25/h2-3,5-6,8-10,16-17H,4,7,11-14H2,1H3,(H,22,25)/t16-,17+/m1/s1. The fourth-order valence-corrected chi connectivity index (χ4v) is 4.29. The summed E-state index contributed by atoms with van der Waals surface area (Å²) in [4.78, 5) is 32.0. The van der Waals surface area contributed by atoms with Gasteiger partial charge in [0.1, 0.15) is 11.3 Å². The van der Waals surface area contributed by atoms with Crippen molar-refractivity contribution in [3.63, 3.8) is 0 Å². The number of aromatic amines is 1. The third-order valence-corrected chi connectivity index (χ3v) is 5.66. The molecular formula is C21H25N3O3. The highest BCUT2D eigenvalue weighted by atomic mass is 16.5. The molecule has 0 aliphatic carbocycles. The highest BCUT2D eigenvalue weighted by Crippen LogP contribution is 2.29. The van der Waals surface area contributed by atoms with Crippen molar-refractivity contribution in [3.8, 4) is 5.75 Å². The second-order valence-corrected chi connectivity index (χ2v) is 7.51. The highest BCUT2D eigenvalue weighted by Gasteiger charge is 2.37. The molecule has 3 saturated heterocycles. The van der Waals surface area contributed by atoms with Crippen molar-refractivity contribution in [2.24, 2.45) is 5.92 Å². The van der Waals surface area contributed by atoms with Gasteiger partial charge in [0.15, 0.2) is 0 Å². The number of methoxy groups -OCH3 is 1. The summed E-state index contributed by atoms with van der Waals surface area (Å²) < 4.78 is 5.23. The maximum absolute atomic E-state index is 13.0. The number of aromatic nitrogens is 1. The van der Waals surface area contributed by atoms with Crippen LogP contribution < -0.4 is 10.3 Å². The highest BCUT2D eigenvalue weighted by molar-refractivity contribution is 5.94. The number of rotatable bonds is 4. The van der Waals surface area contributed by atoms with Crippen LogP contribution in [0.15, 0.2) is 47.4 Å². The number of nitrogens with zero attached hydrogens (tertiary/aromatic N) is 2. The average Bonchev–Trinajstić information content (AvgIpc) is 2.99. The van der Waals surface area contributed by atoms with E-state index < -0.39 is 0 Å². The number of H-pyrrole nitrogens is 1. The van der Waals surface area contributed by atoms with Gasteiger partial charge in [0.25, 0.3) is 11.5 Å². The van der Waals surface area contributed by atoms with Crippen LogP contribution >= 0.6 is 0 Å². The van der Waals surface area contributed by atoms with E-state index in [4.69, 9.17) is 4.74 Å². The van der Waals surface area contributed by atoms with Crippen LogP contribution in [-0.4, -0.2) is 53.5 Å². The summed E-state index contributed by atoms with van der Waals surface area (Å²) in [6.45, 7) is 3.43. The lowest BCUT2D eigenvalue weighted by molar-refractivity contribution is 0.0583. The van der Waals surface area contributed by atoms with Gasteiger partial charge in [0.2, 0.25) is 0 Å². The lowest BCUT2D eigenvalue weighted by Crippen LogP contribution is -2.48. The number of piperidine rings is 1. The van der Waals surface area contributed by atoms with E-state index in [1.54, 1.807) is 25.4 Å². The first-order chi connectivity index (χ1) is 13.1. The lowest BCUT2D eigenvalue weighted by atomic mass is 9.94. The lowest BCUT2D eigenvalue weighted by Gasteiger charge is -2.36. The molecule has 2 atom stereocenters. The zero-order valence-electron chi connectivity index (χ0n) is 15.6. The maximum atomic E-state index is 13.0. The minimum atomic E-state index is -0.308. The van der Waals surface area contributed by atoms with Gasteiger partial charge in [-0.1, -0.05) is 12.1 Å². The molecule has 6 heteroatoms. The number of pyridine rings is 1. The van der Waals surface area contributed by atoms with E-state index in [0.29, 0.717) is 5.92 Å². The molecule has 3 aliphatic rings. The van der Waals surface area contributed by atoms with Crippen molar-refractivity contribution in [2.45, 2.75) is 25.4 Å². The number of nitrogens with one attached hydrogen (secondary N) is 1. The first-order valence-electron chi connectivity index (χ1n) is 9.48. The second kappa shape index (κ2) is 7.56. The fraction of sp³-hybridized carbons (Fsp3) is 0.429. The fourth-order valence-electron chi connectivity index (χ4n) is 4.29. The number of carbonyl (C=O) groups excluding carboxylic acids is 1. The molecular weight excluding hydrogens is 342 g/mol. The molecule has 2 bridgehead atoms. The number of amides is 1. The van der Waals surface area contributed by atoms with Crippen molar-refractivity contribution in [1.29, 1.82) is 0 Å². The Hall–Kier alpha value is -2.60. The summed E-state index contributed by atoms with van der Waals surface area (Å²) in [5.74, 6) is 1.17. The first-order valence-corrected chi connectivity index (χ1v) is 9.48. The molecule has 142 valence electrons. The molecule has 0 spiro atoms. The zero-order valence-corrected chi connectivity index (χ0v) is 15.6. The molecule has 1 N–H and O–H groups in total. The van der Waals surface area contributed by atoms with Gasteiger partial charge in [-0.2, -0.15) is 0 Å². The molecule has 4 heterocycles. The van der Waals surface area contributed by atoms with Crippen LogP contribution in [0.5, 0.6) is 5.75 Å². The van der Waals surface area contributed by atoms with Gasteiger partial charge in [-0.25, -0.2) is 0 Å². The average molecular weight is 367 g/mol. The predicted octanol–water partition coefficient (Wildman–Crippen LogP) is 2.12. The van der Waals surface area contributed by atoms with Gasteiger partial charge in [0, 0.05) is 38.4 Å². The maximum Gasteiger partial charge on any atom is 0.260 e. The van der Waals surface area contributed by atoms with Gasteiger partial charge >= 0.3 is 0 Å². The molecule has 6 nitrogen and oxygen atoms in total. The molecule has 1 amide bonds. The molecule has 0 unspecified atom stereocenters. The van der Waals surface area contributed by atoms with E-state index in [0.717, 1.165) is 44.8 Å². The Kier molecular flexibility index (Phi) is 4.99. The Morgan fingerprint density at radius 1 is 1.15 bits per heavy atom. The number of ether oxygens (including phenoxy) is 1. The smallest absolute Gasteiger partial charge is 0.260 e. The Morgan fingerprint density at radius 3 is 2.70 bits per heavy atom. The molecule has 0 radical (unpaired) electrons. The number of hydrogen-bond donors (Lipinski definition) is 1. The van der Waals surface area contributed by atoms with Gasteiger partial charge in [0.05, 0.1) is 7.11 Å².